The molecule has 0 aromatic heterocycles. The molecule has 0 N–H and O–H groups in total. The standard InChI is InChI=1S/C11H14BrCl/c1-8(2)3-4-9-7-10(12)5-6-11(9)13/h5-8H,3-4H2,1-2H3. The van der Waals surface area contributed by atoms with Gasteiger partial charge in [-0.1, -0.05) is 41.4 Å². The molecule has 0 aliphatic carbocycles. The summed E-state index contributed by atoms with van der Waals surface area (Å²) >= 11 is 9.50. The molecule has 0 fully saturated rings. The highest BCUT2D eigenvalue weighted by Gasteiger charge is 2.02. The van der Waals surface area contributed by atoms with Crippen LogP contribution in [0.3, 0.4) is 0 Å². The van der Waals surface area contributed by atoms with Crippen molar-refractivity contribution in [2.24, 2.45) is 5.92 Å². The number of benzene rings is 1. The summed E-state index contributed by atoms with van der Waals surface area (Å²) in [5.41, 5.74) is 1.24. The molecule has 0 saturated heterocycles. The van der Waals surface area contributed by atoms with Crippen molar-refractivity contribution in [3.8, 4) is 0 Å². The molecule has 0 amide bonds. The molecule has 13 heavy (non-hydrogen) atoms. The van der Waals surface area contributed by atoms with E-state index in [-0.39, 0.29) is 0 Å². The summed E-state index contributed by atoms with van der Waals surface area (Å²) in [6.07, 6.45) is 2.26. The van der Waals surface area contributed by atoms with Gasteiger partial charge in [-0.15, -0.1) is 0 Å². The van der Waals surface area contributed by atoms with Crippen LogP contribution < -0.4 is 0 Å². The SMILES string of the molecule is CC(C)CCc1cc(Br)ccc1Cl. The summed E-state index contributed by atoms with van der Waals surface area (Å²) in [7, 11) is 0. The Bertz CT molecular complexity index is 281. The lowest BCUT2D eigenvalue weighted by Crippen LogP contribution is -1.92. The fourth-order valence-electron chi connectivity index (χ4n) is 1.18. The van der Waals surface area contributed by atoms with Crippen LogP contribution in [0.2, 0.25) is 5.02 Å². The van der Waals surface area contributed by atoms with E-state index in [9.17, 15) is 0 Å². The van der Waals surface area contributed by atoms with E-state index in [1.54, 1.807) is 0 Å². The van der Waals surface area contributed by atoms with Crippen molar-refractivity contribution in [3.63, 3.8) is 0 Å². The first kappa shape index (κ1) is 11.1. The quantitative estimate of drug-likeness (QED) is 0.740. The van der Waals surface area contributed by atoms with Crippen LogP contribution in [0.1, 0.15) is 25.8 Å². The molecular formula is C11H14BrCl. The molecule has 0 aliphatic heterocycles. The molecule has 1 aromatic carbocycles. The monoisotopic (exact) mass is 260 g/mol. The number of hydrogen-bond acceptors (Lipinski definition) is 0. The second kappa shape index (κ2) is 5.02. The second-order valence-corrected chi connectivity index (χ2v) is 4.99. The maximum Gasteiger partial charge on any atom is 0.0438 e. The summed E-state index contributed by atoms with van der Waals surface area (Å²) in [6, 6.07) is 6.02. The number of halogens is 2. The third-order valence-corrected chi connectivity index (χ3v) is 2.86. The van der Waals surface area contributed by atoms with E-state index in [1.807, 2.05) is 12.1 Å². The predicted octanol–water partition coefficient (Wildman–Crippen LogP) is 4.69. The molecule has 2 heteroatoms. The van der Waals surface area contributed by atoms with Crippen molar-refractivity contribution in [1.29, 1.82) is 0 Å². The molecule has 72 valence electrons. The van der Waals surface area contributed by atoms with E-state index in [4.69, 9.17) is 11.6 Å². The third kappa shape index (κ3) is 3.70. The van der Waals surface area contributed by atoms with Crippen molar-refractivity contribution in [3.05, 3.63) is 33.3 Å². The molecule has 0 radical (unpaired) electrons. The minimum atomic E-state index is 0.732. The second-order valence-electron chi connectivity index (χ2n) is 3.67. The van der Waals surface area contributed by atoms with E-state index < -0.39 is 0 Å². The average molecular weight is 262 g/mol. The fraction of sp³-hybridized carbons (Fsp3) is 0.455. The van der Waals surface area contributed by atoms with Crippen LogP contribution in [0.4, 0.5) is 0 Å². The molecule has 0 heterocycles. The lowest BCUT2D eigenvalue weighted by atomic mass is 10.0. The Kier molecular flexibility index (Phi) is 4.27. The van der Waals surface area contributed by atoms with Gasteiger partial charge in [-0.3, -0.25) is 0 Å². The Labute approximate surface area is 93.4 Å². The molecule has 0 bridgehead atoms. The van der Waals surface area contributed by atoms with Gasteiger partial charge < -0.3 is 0 Å². The molecule has 0 spiro atoms. The fourth-order valence-corrected chi connectivity index (χ4v) is 1.80. The highest BCUT2D eigenvalue weighted by molar-refractivity contribution is 9.10. The first-order valence-electron chi connectivity index (χ1n) is 4.53. The first-order chi connectivity index (χ1) is 6.09. The third-order valence-electron chi connectivity index (χ3n) is 2.00. The highest BCUT2D eigenvalue weighted by Crippen LogP contribution is 2.23. The summed E-state index contributed by atoms with van der Waals surface area (Å²) in [6.45, 7) is 4.46. The molecule has 0 atom stereocenters. The van der Waals surface area contributed by atoms with Crippen LogP contribution in [0, 0.1) is 5.92 Å². The van der Waals surface area contributed by atoms with E-state index in [0.717, 1.165) is 21.8 Å². The van der Waals surface area contributed by atoms with Gasteiger partial charge >= 0.3 is 0 Å². The minimum absolute atomic E-state index is 0.732. The lowest BCUT2D eigenvalue weighted by Gasteiger charge is -2.06. The van der Waals surface area contributed by atoms with E-state index in [1.165, 1.54) is 12.0 Å². The molecule has 0 aliphatic rings. The molecule has 0 saturated carbocycles. The van der Waals surface area contributed by atoms with Gasteiger partial charge in [0.15, 0.2) is 0 Å². The zero-order valence-corrected chi connectivity index (χ0v) is 10.3. The van der Waals surface area contributed by atoms with Crippen molar-refractivity contribution in [2.45, 2.75) is 26.7 Å². The van der Waals surface area contributed by atoms with E-state index in [2.05, 4.69) is 35.8 Å². The van der Waals surface area contributed by atoms with Crippen LogP contribution in [-0.4, -0.2) is 0 Å². The Balaban J connectivity index is 2.70. The topological polar surface area (TPSA) is 0 Å². The van der Waals surface area contributed by atoms with Gasteiger partial charge in [0.2, 0.25) is 0 Å². The van der Waals surface area contributed by atoms with E-state index >= 15 is 0 Å². The maximum absolute atomic E-state index is 6.06. The number of rotatable bonds is 3. The Morgan fingerprint density at radius 2 is 2.08 bits per heavy atom. The zero-order chi connectivity index (χ0) is 9.84. The first-order valence-corrected chi connectivity index (χ1v) is 5.70. The van der Waals surface area contributed by atoms with Gasteiger partial charge in [-0.2, -0.15) is 0 Å². The minimum Gasteiger partial charge on any atom is -0.0840 e. The normalized spacial score (nSPS) is 10.8. The van der Waals surface area contributed by atoms with Crippen LogP contribution in [0.15, 0.2) is 22.7 Å². The average Bonchev–Trinajstić information content (AvgIpc) is 2.06. The Morgan fingerprint density at radius 1 is 1.38 bits per heavy atom. The number of hydrogen-bond donors (Lipinski definition) is 0. The van der Waals surface area contributed by atoms with E-state index in [0.29, 0.717) is 0 Å². The van der Waals surface area contributed by atoms with Crippen molar-refractivity contribution in [1.82, 2.24) is 0 Å². The molecule has 1 rings (SSSR count). The van der Waals surface area contributed by atoms with Gasteiger partial charge in [0.05, 0.1) is 0 Å². The Morgan fingerprint density at radius 3 is 2.69 bits per heavy atom. The largest absolute Gasteiger partial charge is 0.0840 e. The van der Waals surface area contributed by atoms with Gasteiger partial charge in [-0.25, -0.2) is 0 Å². The van der Waals surface area contributed by atoms with Gasteiger partial charge in [0.1, 0.15) is 0 Å². The molecule has 1 aromatic rings. The maximum atomic E-state index is 6.06. The van der Waals surface area contributed by atoms with Crippen LogP contribution in [-0.2, 0) is 6.42 Å². The van der Waals surface area contributed by atoms with Crippen molar-refractivity contribution >= 4 is 27.5 Å². The molecule has 0 nitrogen and oxygen atoms in total. The van der Waals surface area contributed by atoms with Crippen molar-refractivity contribution in [2.75, 3.05) is 0 Å². The Hall–Kier alpha value is -0.0100. The van der Waals surface area contributed by atoms with Gasteiger partial charge in [-0.05, 0) is 42.5 Å². The van der Waals surface area contributed by atoms with Crippen LogP contribution in [0.25, 0.3) is 0 Å². The van der Waals surface area contributed by atoms with Gasteiger partial charge in [0, 0.05) is 9.50 Å². The van der Waals surface area contributed by atoms with Crippen molar-refractivity contribution < 1.29 is 0 Å². The summed E-state index contributed by atoms with van der Waals surface area (Å²) < 4.78 is 1.11. The summed E-state index contributed by atoms with van der Waals surface area (Å²) in [4.78, 5) is 0. The molecule has 0 unspecified atom stereocenters. The molecular weight excluding hydrogens is 247 g/mol. The smallest absolute Gasteiger partial charge is 0.0438 e. The number of aryl methyl sites for hydroxylation is 1. The van der Waals surface area contributed by atoms with Crippen LogP contribution in [0.5, 0.6) is 0 Å². The summed E-state index contributed by atoms with van der Waals surface area (Å²) in [5.74, 6) is 0.732. The summed E-state index contributed by atoms with van der Waals surface area (Å²) in [5, 5.41) is 0.879. The van der Waals surface area contributed by atoms with Gasteiger partial charge in [0.25, 0.3) is 0 Å². The predicted molar refractivity (Wildman–Crippen MR) is 62.3 cm³/mol. The zero-order valence-electron chi connectivity index (χ0n) is 7.98. The highest BCUT2D eigenvalue weighted by atomic mass is 79.9. The van der Waals surface area contributed by atoms with Crippen LogP contribution >= 0.6 is 27.5 Å². The lowest BCUT2D eigenvalue weighted by molar-refractivity contribution is 0.586.